The summed E-state index contributed by atoms with van der Waals surface area (Å²) < 4.78 is 9.29. The molecule has 6 heteroatoms. The Hall–Kier alpha value is -2.50. The van der Waals surface area contributed by atoms with Crippen molar-refractivity contribution in [2.45, 2.75) is 19.8 Å². The van der Waals surface area contributed by atoms with Gasteiger partial charge in [-0.2, -0.15) is 0 Å². The van der Waals surface area contributed by atoms with E-state index in [1.54, 1.807) is 0 Å². The molecule has 0 unspecified atom stereocenters. The van der Waals surface area contributed by atoms with Crippen LogP contribution >= 0.6 is 0 Å². The normalized spacial score (nSPS) is 13.7. The van der Waals surface area contributed by atoms with Crippen molar-refractivity contribution < 1.29 is 19.1 Å². The van der Waals surface area contributed by atoms with Gasteiger partial charge in [0.1, 0.15) is 5.70 Å². The zero-order valence-corrected chi connectivity index (χ0v) is 13.0. The first-order chi connectivity index (χ1) is 10.6. The van der Waals surface area contributed by atoms with Gasteiger partial charge in [0.05, 0.1) is 31.7 Å². The number of hydrogen-bond donors (Lipinski definition) is 2. The lowest BCUT2D eigenvalue weighted by Crippen LogP contribution is -2.19. The van der Waals surface area contributed by atoms with Crippen molar-refractivity contribution >= 4 is 23.3 Å². The standard InChI is InChI=1S/C16H20N2O4/c1-10-6-7-11-5-4-8-17-15(11)14(10)18-12(16(20)22-3)9-13(19)21-2/h6-7,9,17-18H,4-5,8H2,1-3H3/b12-9+. The van der Waals surface area contributed by atoms with Crippen LogP contribution in [-0.4, -0.2) is 32.7 Å². The van der Waals surface area contributed by atoms with Gasteiger partial charge in [-0.25, -0.2) is 9.59 Å². The maximum atomic E-state index is 11.9. The molecule has 1 aliphatic heterocycles. The van der Waals surface area contributed by atoms with Crippen LogP contribution in [0.3, 0.4) is 0 Å². The SMILES string of the molecule is COC(=O)/C=C(/Nc1c(C)ccc2c1NCCC2)C(=O)OC. The number of anilines is 2. The number of esters is 2. The van der Waals surface area contributed by atoms with Crippen LogP contribution in [0.5, 0.6) is 0 Å². The van der Waals surface area contributed by atoms with Crippen molar-refractivity contribution in [1.29, 1.82) is 0 Å². The minimum Gasteiger partial charge on any atom is -0.466 e. The Balaban J connectivity index is 2.40. The number of hydrogen-bond acceptors (Lipinski definition) is 6. The van der Waals surface area contributed by atoms with Crippen LogP contribution in [-0.2, 0) is 25.5 Å². The molecule has 0 fully saturated rings. The molecular formula is C16H20N2O4. The minimum atomic E-state index is -0.627. The van der Waals surface area contributed by atoms with Crippen molar-refractivity contribution in [2.75, 3.05) is 31.4 Å². The first kappa shape index (κ1) is 15.9. The van der Waals surface area contributed by atoms with Crippen molar-refractivity contribution in [1.82, 2.24) is 0 Å². The minimum absolute atomic E-state index is 0.0400. The summed E-state index contributed by atoms with van der Waals surface area (Å²) in [5.74, 6) is -1.25. The van der Waals surface area contributed by atoms with E-state index < -0.39 is 11.9 Å². The number of aryl methyl sites for hydroxylation is 2. The van der Waals surface area contributed by atoms with E-state index in [4.69, 9.17) is 4.74 Å². The van der Waals surface area contributed by atoms with E-state index in [9.17, 15) is 9.59 Å². The lowest BCUT2D eigenvalue weighted by Gasteiger charge is -2.24. The van der Waals surface area contributed by atoms with Crippen LogP contribution in [0.4, 0.5) is 11.4 Å². The number of nitrogens with one attached hydrogen (secondary N) is 2. The fourth-order valence-electron chi connectivity index (χ4n) is 2.38. The third kappa shape index (κ3) is 3.39. The molecule has 0 saturated heterocycles. The van der Waals surface area contributed by atoms with Gasteiger partial charge in [0.25, 0.3) is 0 Å². The summed E-state index contributed by atoms with van der Waals surface area (Å²) in [4.78, 5) is 23.3. The number of rotatable bonds is 4. The van der Waals surface area contributed by atoms with Gasteiger partial charge in [-0.1, -0.05) is 12.1 Å². The zero-order valence-electron chi connectivity index (χ0n) is 13.0. The summed E-state index contributed by atoms with van der Waals surface area (Å²) >= 11 is 0. The number of carbonyl (C=O) groups is 2. The van der Waals surface area contributed by atoms with Crippen molar-refractivity contribution in [3.63, 3.8) is 0 Å². The van der Waals surface area contributed by atoms with Gasteiger partial charge in [-0.15, -0.1) is 0 Å². The summed E-state index contributed by atoms with van der Waals surface area (Å²) in [7, 11) is 2.52. The highest BCUT2D eigenvalue weighted by Crippen LogP contribution is 2.34. The molecule has 0 atom stereocenters. The Morgan fingerprint density at radius 3 is 2.73 bits per heavy atom. The molecule has 1 aromatic rings. The molecule has 2 rings (SSSR count). The molecule has 6 nitrogen and oxygen atoms in total. The van der Waals surface area contributed by atoms with E-state index in [2.05, 4.69) is 21.4 Å². The number of carbonyl (C=O) groups excluding carboxylic acids is 2. The zero-order chi connectivity index (χ0) is 16.1. The lowest BCUT2D eigenvalue weighted by atomic mass is 9.99. The molecule has 0 spiro atoms. The summed E-state index contributed by atoms with van der Waals surface area (Å²) in [5.41, 5.74) is 3.93. The maximum absolute atomic E-state index is 11.9. The van der Waals surface area contributed by atoms with Gasteiger partial charge >= 0.3 is 11.9 Å². The number of ether oxygens (including phenoxy) is 2. The predicted octanol–water partition coefficient (Wildman–Crippen LogP) is 1.99. The summed E-state index contributed by atoms with van der Waals surface area (Å²) in [5, 5.41) is 6.36. The fraction of sp³-hybridized carbons (Fsp3) is 0.375. The second-order valence-electron chi connectivity index (χ2n) is 5.02. The molecule has 1 aromatic carbocycles. The summed E-state index contributed by atoms with van der Waals surface area (Å²) in [6, 6.07) is 4.06. The van der Waals surface area contributed by atoms with Crippen molar-refractivity contribution in [2.24, 2.45) is 0 Å². The van der Waals surface area contributed by atoms with Crippen LogP contribution in [0, 0.1) is 6.92 Å². The Morgan fingerprint density at radius 1 is 1.27 bits per heavy atom. The molecule has 1 aliphatic rings. The Bertz CT molecular complexity index is 623. The van der Waals surface area contributed by atoms with E-state index in [1.165, 1.54) is 19.8 Å². The first-order valence-electron chi connectivity index (χ1n) is 7.08. The molecule has 0 amide bonds. The Kier molecular flexibility index (Phi) is 5.04. The number of methoxy groups -OCH3 is 2. The molecule has 1 heterocycles. The largest absolute Gasteiger partial charge is 0.466 e. The number of benzene rings is 1. The topological polar surface area (TPSA) is 76.7 Å². The highest BCUT2D eigenvalue weighted by Gasteiger charge is 2.19. The highest BCUT2D eigenvalue weighted by atomic mass is 16.5. The molecule has 0 saturated carbocycles. The van der Waals surface area contributed by atoms with Gasteiger partial charge in [0.2, 0.25) is 0 Å². The number of fused-ring (bicyclic) bond motifs is 1. The molecule has 0 aromatic heterocycles. The van der Waals surface area contributed by atoms with Crippen LogP contribution in [0.2, 0.25) is 0 Å². The van der Waals surface area contributed by atoms with Gasteiger partial charge < -0.3 is 20.1 Å². The summed E-state index contributed by atoms with van der Waals surface area (Å²) in [6.45, 7) is 2.81. The molecule has 0 aliphatic carbocycles. The molecule has 118 valence electrons. The first-order valence-corrected chi connectivity index (χ1v) is 7.08. The van der Waals surface area contributed by atoms with Gasteiger partial charge in [-0.3, -0.25) is 0 Å². The molecule has 0 radical (unpaired) electrons. The van der Waals surface area contributed by atoms with E-state index in [-0.39, 0.29) is 5.70 Å². The van der Waals surface area contributed by atoms with Crippen LogP contribution in [0.1, 0.15) is 17.5 Å². The molecule has 2 N–H and O–H groups in total. The second-order valence-corrected chi connectivity index (χ2v) is 5.02. The van der Waals surface area contributed by atoms with Gasteiger partial charge in [0, 0.05) is 6.54 Å². The van der Waals surface area contributed by atoms with E-state index >= 15 is 0 Å². The van der Waals surface area contributed by atoms with E-state index in [1.807, 2.05) is 13.0 Å². The maximum Gasteiger partial charge on any atom is 0.354 e. The van der Waals surface area contributed by atoms with E-state index in [0.29, 0.717) is 0 Å². The lowest BCUT2D eigenvalue weighted by molar-refractivity contribution is -0.138. The quantitative estimate of drug-likeness (QED) is 0.654. The van der Waals surface area contributed by atoms with Crippen molar-refractivity contribution in [3.8, 4) is 0 Å². The van der Waals surface area contributed by atoms with Crippen LogP contribution < -0.4 is 10.6 Å². The van der Waals surface area contributed by atoms with Gasteiger partial charge in [0.15, 0.2) is 0 Å². The highest BCUT2D eigenvalue weighted by molar-refractivity contribution is 6.00. The van der Waals surface area contributed by atoms with E-state index in [0.717, 1.165) is 42.4 Å². The van der Waals surface area contributed by atoms with Crippen LogP contribution in [0.25, 0.3) is 0 Å². The smallest absolute Gasteiger partial charge is 0.354 e. The Labute approximate surface area is 129 Å². The second kappa shape index (κ2) is 6.98. The van der Waals surface area contributed by atoms with Crippen LogP contribution in [0.15, 0.2) is 23.9 Å². The third-order valence-corrected chi connectivity index (χ3v) is 3.55. The monoisotopic (exact) mass is 304 g/mol. The fourth-order valence-corrected chi connectivity index (χ4v) is 2.38. The molecular weight excluding hydrogens is 284 g/mol. The average molecular weight is 304 g/mol. The third-order valence-electron chi connectivity index (χ3n) is 3.55. The van der Waals surface area contributed by atoms with Gasteiger partial charge in [-0.05, 0) is 30.9 Å². The summed E-state index contributed by atoms with van der Waals surface area (Å²) in [6.07, 6.45) is 3.14. The average Bonchev–Trinajstić information content (AvgIpc) is 2.55. The molecule has 22 heavy (non-hydrogen) atoms. The predicted molar refractivity (Wildman–Crippen MR) is 83.7 cm³/mol. The molecule has 0 bridgehead atoms. The Morgan fingerprint density at radius 2 is 2.05 bits per heavy atom. The van der Waals surface area contributed by atoms with Crippen molar-refractivity contribution in [3.05, 3.63) is 35.0 Å².